The number of anilines is 1. The number of fused-ring (bicyclic) bond motifs is 1. The van der Waals surface area contributed by atoms with Crippen molar-refractivity contribution < 1.29 is 9.90 Å². The summed E-state index contributed by atoms with van der Waals surface area (Å²) < 4.78 is 0. The molecule has 1 N–H and O–H groups in total. The number of carboxylic acids is 1. The number of hydrogen-bond donors (Lipinski definition) is 1. The lowest BCUT2D eigenvalue weighted by Gasteiger charge is -2.31. The lowest BCUT2D eigenvalue weighted by Crippen LogP contribution is -2.30. The zero-order chi connectivity index (χ0) is 19.4. The number of carbonyl (C=O) groups is 1. The van der Waals surface area contributed by atoms with Gasteiger partial charge in [-0.1, -0.05) is 48.9 Å². The van der Waals surface area contributed by atoms with Crippen LogP contribution in [0.2, 0.25) is 5.02 Å². The molecule has 1 aromatic heterocycles. The van der Waals surface area contributed by atoms with Crippen LogP contribution < -0.4 is 4.90 Å². The Kier molecular flexibility index (Phi) is 5.91. The monoisotopic (exact) mass is 383 g/mol. The number of nitrogens with zero attached hydrogens (tertiary/aromatic N) is 3. The fourth-order valence-corrected chi connectivity index (χ4v) is 3.29. The van der Waals surface area contributed by atoms with E-state index in [2.05, 4.69) is 11.9 Å². The van der Waals surface area contributed by atoms with Crippen molar-refractivity contribution in [3.05, 3.63) is 64.9 Å². The van der Waals surface area contributed by atoms with Gasteiger partial charge in [-0.05, 0) is 30.7 Å². The van der Waals surface area contributed by atoms with Gasteiger partial charge in [0.1, 0.15) is 11.6 Å². The van der Waals surface area contributed by atoms with E-state index in [1.54, 1.807) is 0 Å². The zero-order valence-electron chi connectivity index (χ0n) is 15.4. The molecule has 3 aromatic rings. The summed E-state index contributed by atoms with van der Waals surface area (Å²) in [6.45, 7) is 4.41. The molecule has 0 saturated heterocycles. The number of benzene rings is 2. The van der Waals surface area contributed by atoms with Crippen molar-refractivity contribution in [2.75, 3.05) is 11.4 Å². The number of aryl methyl sites for hydroxylation is 1. The van der Waals surface area contributed by atoms with Crippen LogP contribution in [0, 0.1) is 0 Å². The minimum Gasteiger partial charge on any atom is -0.481 e. The summed E-state index contributed by atoms with van der Waals surface area (Å²) >= 11 is 6.16. The molecule has 2 aromatic carbocycles. The van der Waals surface area contributed by atoms with E-state index < -0.39 is 5.97 Å². The lowest BCUT2D eigenvalue weighted by molar-refractivity contribution is -0.136. The molecular formula is C21H22ClN3O2. The van der Waals surface area contributed by atoms with Crippen LogP contribution in [0.5, 0.6) is 0 Å². The number of hydrogen-bond acceptors (Lipinski definition) is 4. The van der Waals surface area contributed by atoms with Crippen molar-refractivity contribution in [3.63, 3.8) is 0 Å². The van der Waals surface area contributed by atoms with Crippen molar-refractivity contribution in [1.29, 1.82) is 0 Å². The van der Waals surface area contributed by atoms with Gasteiger partial charge in [0, 0.05) is 23.4 Å². The van der Waals surface area contributed by atoms with Crippen LogP contribution >= 0.6 is 11.6 Å². The van der Waals surface area contributed by atoms with Gasteiger partial charge < -0.3 is 10.0 Å². The van der Waals surface area contributed by atoms with Crippen LogP contribution in [0.1, 0.15) is 37.7 Å². The highest BCUT2D eigenvalue weighted by atomic mass is 35.5. The van der Waals surface area contributed by atoms with E-state index in [4.69, 9.17) is 16.6 Å². The maximum Gasteiger partial charge on any atom is 0.305 e. The first kappa shape index (κ1) is 19.1. The van der Waals surface area contributed by atoms with Crippen LogP contribution in [0.3, 0.4) is 0 Å². The second-order valence-corrected chi connectivity index (χ2v) is 6.84. The molecule has 0 radical (unpaired) electrons. The van der Waals surface area contributed by atoms with Crippen LogP contribution in [0.25, 0.3) is 10.9 Å². The van der Waals surface area contributed by atoms with Crippen molar-refractivity contribution >= 4 is 34.3 Å². The fraction of sp³-hybridized carbons (Fsp3) is 0.286. The highest BCUT2D eigenvalue weighted by Crippen LogP contribution is 2.32. The summed E-state index contributed by atoms with van der Waals surface area (Å²) in [6.07, 6.45) is 0.708. The van der Waals surface area contributed by atoms with Gasteiger partial charge in [0.25, 0.3) is 0 Å². The standard InChI is InChI=1S/C21H22ClN3O2/c1-3-19-23-18-13-16(22)9-10-17(18)21(24-19)25(12-11-20(26)27)14(2)15-7-5-4-6-8-15/h4-10,13-14H,3,11-12H2,1-2H3,(H,26,27). The highest BCUT2D eigenvalue weighted by molar-refractivity contribution is 6.31. The first-order valence-corrected chi connectivity index (χ1v) is 9.37. The Bertz CT molecular complexity index is 947. The quantitative estimate of drug-likeness (QED) is 0.629. The minimum atomic E-state index is -0.836. The number of aliphatic carboxylic acids is 1. The van der Waals surface area contributed by atoms with Gasteiger partial charge in [-0.3, -0.25) is 4.79 Å². The van der Waals surface area contributed by atoms with E-state index >= 15 is 0 Å². The Morgan fingerprint density at radius 3 is 2.59 bits per heavy atom. The van der Waals surface area contributed by atoms with E-state index in [-0.39, 0.29) is 12.5 Å². The molecule has 0 bridgehead atoms. The van der Waals surface area contributed by atoms with Crippen molar-refractivity contribution in [3.8, 4) is 0 Å². The molecule has 0 aliphatic heterocycles. The summed E-state index contributed by atoms with van der Waals surface area (Å²) in [5, 5.41) is 10.7. The van der Waals surface area contributed by atoms with Gasteiger partial charge >= 0.3 is 5.97 Å². The maximum absolute atomic E-state index is 11.2. The number of rotatable bonds is 7. The number of aromatic nitrogens is 2. The van der Waals surface area contributed by atoms with E-state index in [0.29, 0.717) is 23.8 Å². The molecule has 3 rings (SSSR count). The van der Waals surface area contributed by atoms with Gasteiger partial charge in [-0.15, -0.1) is 0 Å². The average Bonchev–Trinajstić information content (AvgIpc) is 2.67. The van der Waals surface area contributed by atoms with E-state index in [9.17, 15) is 9.90 Å². The van der Waals surface area contributed by atoms with Crippen LogP contribution in [-0.4, -0.2) is 27.6 Å². The molecule has 1 heterocycles. The second-order valence-electron chi connectivity index (χ2n) is 6.40. The average molecular weight is 384 g/mol. The second kappa shape index (κ2) is 8.35. The van der Waals surface area contributed by atoms with Crippen molar-refractivity contribution in [1.82, 2.24) is 9.97 Å². The largest absolute Gasteiger partial charge is 0.481 e. The molecule has 1 atom stereocenters. The normalized spacial score (nSPS) is 12.1. The van der Waals surface area contributed by atoms with Crippen LogP contribution in [-0.2, 0) is 11.2 Å². The predicted molar refractivity (Wildman–Crippen MR) is 108 cm³/mol. The maximum atomic E-state index is 11.2. The first-order valence-electron chi connectivity index (χ1n) is 8.99. The molecule has 6 heteroatoms. The molecule has 0 aliphatic rings. The molecule has 140 valence electrons. The Morgan fingerprint density at radius 2 is 1.93 bits per heavy atom. The summed E-state index contributed by atoms with van der Waals surface area (Å²) in [7, 11) is 0. The highest BCUT2D eigenvalue weighted by Gasteiger charge is 2.22. The molecule has 1 unspecified atom stereocenters. The first-order chi connectivity index (χ1) is 13.0. The van der Waals surface area contributed by atoms with Gasteiger partial charge in [0.05, 0.1) is 18.0 Å². The van der Waals surface area contributed by atoms with E-state index in [1.165, 1.54) is 0 Å². The SMILES string of the molecule is CCc1nc(N(CCC(=O)O)C(C)c2ccccc2)c2ccc(Cl)cc2n1. The van der Waals surface area contributed by atoms with Gasteiger partial charge in [-0.2, -0.15) is 0 Å². The van der Waals surface area contributed by atoms with Gasteiger partial charge in [-0.25, -0.2) is 9.97 Å². The smallest absolute Gasteiger partial charge is 0.305 e. The minimum absolute atomic E-state index is 0.0255. The van der Waals surface area contributed by atoms with Crippen LogP contribution in [0.15, 0.2) is 48.5 Å². The molecule has 0 amide bonds. The molecule has 0 fully saturated rings. The van der Waals surface area contributed by atoms with Crippen molar-refractivity contribution in [2.24, 2.45) is 0 Å². The molecule has 5 nitrogen and oxygen atoms in total. The lowest BCUT2D eigenvalue weighted by atomic mass is 10.1. The third kappa shape index (κ3) is 4.37. The molecular weight excluding hydrogens is 362 g/mol. The molecule has 27 heavy (non-hydrogen) atoms. The molecule has 0 spiro atoms. The number of halogens is 1. The Morgan fingerprint density at radius 1 is 1.19 bits per heavy atom. The Balaban J connectivity index is 2.14. The Hall–Kier alpha value is -2.66. The van der Waals surface area contributed by atoms with E-state index in [0.717, 1.165) is 22.3 Å². The molecule has 0 saturated carbocycles. The fourth-order valence-electron chi connectivity index (χ4n) is 3.12. The van der Waals surface area contributed by atoms with Gasteiger partial charge in [0.2, 0.25) is 0 Å². The zero-order valence-corrected chi connectivity index (χ0v) is 16.1. The summed E-state index contributed by atoms with van der Waals surface area (Å²) in [6, 6.07) is 15.5. The summed E-state index contributed by atoms with van der Waals surface area (Å²) in [4.78, 5) is 22.6. The third-order valence-corrected chi connectivity index (χ3v) is 4.82. The summed E-state index contributed by atoms with van der Waals surface area (Å²) in [5.74, 6) is 0.615. The predicted octanol–water partition coefficient (Wildman–Crippen LogP) is 4.89. The third-order valence-electron chi connectivity index (χ3n) is 4.59. The topological polar surface area (TPSA) is 66.3 Å². The summed E-state index contributed by atoms with van der Waals surface area (Å²) in [5.41, 5.74) is 1.87. The Labute approximate surface area is 163 Å². The molecule has 0 aliphatic carbocycles. The number of carboxylic acid groups (broad SMARTS) is 1. The van der Waals surface area contributed by atoms with E-state index in [1.807, 2.05) is 60.4 Å². The van der Waals surface area contributed by atoms with Crippen LogP contribution in [0.4, 0.5) is 5.82 Å². The van der Waals surface area contributed by atoms with Crippen molar-refractivity contribution in [2.45, 2.75) is 32.7 Å². The van der Waals surface area contributed by atoms with Gasteiger partial charge in [0.15, 0.2) is 0 Å².